The molecule has 4 heteroatoms. The second-order valence-electron chi connectivity index (χ2n) is 3.57. The summed E-state index contributed by atoms with van der Waals surface area (Å²) in [4.78, 5) is 12.8. The van der Waals surface area contributed by atoms with Gasteiger partial charge >= 0.3 is 5.97 Å². The lowest BCUT2D eigenvalue weighted by Crippen LogP contribution is -2.43. The summed E-state index contributed by atoms with van der Waals surface area (Å²) < 4.78 is 0. The fourth-order valence-electron chi connectivity index (χ4n) is 1.95. The molecule has 0 aromatic rings. The number of likely N-dealkylation sites (tertiary alicyclic amines) is 1. The molecule has 0 radical (unpaired) electrons. The van der Waals surface area contributed by atoms with Gasteiger partial charge in [0, 0.05) is 19.1 Å². The number of hydrogen-bond donors (Lipinski definition) is 2. The summed E-state index contributed by atoms with van der Waals surface area (Å²) in [5.41, 5.74) is 5.46. The summed E-state index contributed by atoms with van der Waals surface area (Å²) in [5.74, 6) is -0.700. The first-order valence-electron chi connectivity index (χ1n) is 4.90. The Morgan fingerprint density at radius 2 is 2.31 bits per heavy atom. The third-order valence-electron chi connectivity index (χ3n) is 2.58. The van der Waals surface area contributed by atoms with Gasteiger partial charge in [-0.25, -0.2) is 0 Å². The zero-order chi connectivity index (χ0) is 9.68. The van der Waals surface area contributed by atoms with E-state index in [0.717, 1.165) is 25.9 Å². The van der Waals surface area contributed by atoms with Crippen LogP contribution in [0, 0.1) is 0 Å². The molecule has 1 unspecified atom stereocenters. The Labute approximate surface area is 78.7 Å². The Bertz CT molecular complexity index is 171. The fraction of sp³-hybridized carbons (Fsp3) is 0.889. The van der Waals surface area contributed by atoms with Crippen molar-refractivity contribution < 1.29 is 9.90 Å². The average molecular weight is 186 g/mol. The van der Waals surface area contributed by atoms with Gasteiger partial charge < -0.3 is 10.8 Å². The lowest BCUT2D eigenvalue weighted by Gasteiger charge is -2.34. The average Bonchev–Trinajstić information content (AvgIpc) is 2.08. The van der Waals surface area contributed by atoms with Gasteiger partial charge in [-0.1, -0.05) is 6.42 Å². The van der Waals surface area contributed by atoms with Crippen LogP contribution in [0.2, 0.25) is 0 Å². The van der Waals surface area contributed by atoms with E-state index in [1.165, 1.54) is 6.42 Å². The van der Waals surface area contributed by atoms with Crippen molar-refractivity contribution in [3.8, 4) is 0 Å². The third kappa shape index (κ3) is 3.32. The third-order valence-corrected chi connectivity index (χ3v) is 2.58. The number of piperidine rings is 1. The van der Waals surface area contributed by atoms with Crippen LogP contribution in [0.15, 0.2) is 0 Å². The SMILES string of the molecule is NCCN1CCCCC1CC(=O)O. The van der Waals surface area contributed by atoms with Crippen LogP contribution in [0.5, 0.6) is 0 Å². The number of carbonyl (C=O) groups is 1. The van der Waals surface area contributed by atoms with E-state index < -0.39 is 5.97 Å². The van der Waals surface area contributed by atoms with Crippen LogP contribution >= 0.6 is 0 Å². The van der Waals surface area contributed by atoms with Gasteiger partial charge in [0.05, 0.1) is 6.42 Å². The van der Waals surface area contributed by atoms with Gasteiger partial charge in [0.15, 0.2) is 0 Å². The standard InChI is InChI=1S/C9H18N2O2/c10-4-6-11-5-2-1-3-8(11)7-9(12)13/h8H,1-7,10H2,(H,12,13). The van der Waals surface area contributed by atoms with Crippen LogP contribution in [0.4, 0.5) is 0 Å². The highest BCUT2D eigenvalue weighted by Gasteiger charge is 2.23. The molecule has 0 aliphatic carbocycles. The Kier molecular flexibility index (Phi) is 4.18. The molecule has 0 saturated carbocycles. The highest BCUT2D eigenvalue weighted by molar-refractivity contribution is 5.67. The molecule has 1 saturated heterocycles. The van der Waals surface area contributed by atoms with Crippen molar-refractivity contribution in [1.29, 1.82) is 0 Å². The predicted octanol–water partition coefficient (Wildman–Crippen LogP) is 0.274. The Balaban J connectivity index is 2.41. The normalized spacial score (nSPS) is 24.5. The van der Waals surface area contributed by atoms with Gasteiger partial charge in [-0.3, -0.25) is 9.69 Å². The maximum Gasteiger partial charge on any atom is 0.304 e. The molecule has 0 aromatic heterocycles. The minimum absolute atomic E-state index is 0.217. The van der Waals surface area contributed by atoms with Crippen molar-refractivity contribution in [3.63, 3.8) is 0 Å². The highest BCUT2D eigenvalue weighted by Crippen LogP contribution is 2.18. The molecule has 4 nitrogen and oxygen atoms in total. The zero-order valence-corrected chi connectivity index (χ0v) is 7.91. The van der Waals surface area contributed by atoms with Crippen LogP contribution in [0.1, 0.15) is 25.7 Å². The van der Waals surface area contributed by atoms with E-state index in [2.05, 4.69) is 4.90 Å². The molecule has 0 amide bonds. The molecule has 1 atom stereocenters. The van der Waals surface area contributed by atoms with Crippen LogP contribution < -0.4 is 5.73 Å². The number of nitrogens with two attached hydrogens (primary N) is 1. The summed E-state index contributed by atoms with van der Waals surface area (Å²) in [5, 5.41) is 8.69. The Morgan fingerprint density at radius 1 is 1.54 bits per heavy atom. The second kappa shape index (κ2) is 5.19. The molecule has 76 valence electrons. The number of rotatable bonds is 4. The lowest BCUT2D eigenvalue weighted by molar-refractivity contribution is -0.138. The van der Waals surface area contributed by atoms with E-state index in [-0.39, 0.29) is 12.5 Å². The first kappa shape index (κ1) is 10.5. The van der Waals surface area contributed by atoms with Gasteiger partial charge in [0.1, 0.15) is 0 Å². The molecule has 3 N–H and O–H groups in total. The number of carboxylic acid groups (broad SMARTS) is 1. The van der Waals surface area contributed by atoms with Gasteiger partial charge in [0.25, 0.3) is 0 Å². The Hall–Kier alpha value is -0.610. The maximum atomic E-state index is 10.6. The van der Waals surface area contributed by atoms with Crippen LogP contribution in [0.25, 0.3) is 0 Å². The summed E-state index contributed by atoms with van der Waals surface area (Å²) in [7, 11) is 0. The van der Waals surface area contributed by atoms with E-state index in [9.17, 15) is 4.79 Å². The van der Waals surface area contributed by atoms with Crippen molar-refractivity contribution in [2.24, 2.45) is 5.73 Å². The first-order chi connectivity index (χ1) is 6.24. The van der Waals surface area contributed by atoms with Crippen LogP contribution in [-0.2, 0) is 4.79 Å². The minimum atomic E-state index is -0.700. The zero-order valence-electron chi connectivity index (χ0n) is 7.91. The molecule has 1 aliphatic rings. The maximum absolute atomic E-state index is 10.6. The smallest absolute Gasteiger partial charge is 0.304 e. The summed E-state index contributed by atoms with van der Waals surface area (Å²) >= 11 is 0. The lowest BCUT2D eigenvalue weighted by atomic mass is 9.99. The molecule has 1 aliphatic heterocycles. The quantitative estimate of drug-likeness (QED) is 0.661. The molecule has 0 aromatic carbocycles. The van der Waals surface area contributed by atoms with E-state index in [1.807, 2.05) is 0 Å². The van der Waals surface area contributed by atoms with Crippen molar-refractivity contribution in [3.05, 3.63) is 0 Å². The number of carboxylic acids is 1. The van der Waals surface area contributed by atoms with Gasteiger partial charge in [-0.15, -0.1) is 0 Å². The summed E-state index contributed by atoms with van der Waals surface area (Å²) in [6.45, 7) is 2.46. The van der Waals surface area contributed by atoms with Crippen LogP contribution in [-0.4, -0.2) is 41.7 Å². The second-order valence-corrected chi connectivity index (χ2v) is 3.57. The molecule has 0 spiro atoms. The molecule has 1 fully saturated rings. The van der Waals surface area contributed by atoms with E-state index in [4.69, 9.17) is 10.8 Å². The van der Waals surface area contributed by atoms with E-state index in [1.54, 1.807) is 0 Å². The molecule has 1 rings (SSSR count). The van der Waals surface area contributed by atoms with E-state index >= 15 is 0 Å². The minimum Gasteiger partial charge on any atom is -0.481 e. The van der Waals surface area contributed by atoms with Crippen molar-refractivity contribution in [1.82, 2.24) is 4.90 Å². The molecular weight excluding hydrogens is 168 g/mol. The fourth-order valence-corrected chi connectivity index (χ4v) is 1.95. The monoisotopic (exact) mass is 186 g/mol. The van der Waals surface area contributed by atoms with Crippen LogP contribution in [0.3, 0.4) is 0 Å². The number of nitrogens with zero attached hydrogens (tertiary/aromatic N) is 1. The predicted molar refractivity (Wildman–Crippen MR) is 50.5 cm³/mol. The first-order valence-corrected chi connectivity index (χ1v) is 4.90. The van der Waals surface area contributed by atoms with Gasteiger partial charge in [-0.05, 0) is 19.4 Å². The number of aliphatic carboxylic acids is 1. The summed E-state index contributed by atoms with van der Waals surface area (Å²) in [6.07, 6.45) is 3.60. The van der Waals surface area contributed by atoms with Crippen molar-refractivity contribution >= 4 is 5.97 Å². The van der Waals surface area contributed by atoms with Gasteiger partial charge in [-0.2, -0.15) is 0 Å². The summed E-state index contributed by atoms with van der Waals surface area (Å²) in [6, 6.07) is 0.217. The van der Waals surface area contributed by atoms with Crippen molar-refractivity contribution in [2.45, 2.75) is 31.7 Å². The van der Waals surface area contributed by atoms with Crippen molar-refractivity contribution in [2.75, 3.05) is 19.6 Å². The largest absolute Gasteiger partial charge is 0.481 e. The topological polar surface area (TPSA) is 66.6 Å². The molecule has 1 heterocycles. The Morgan fingerprint density at radius 3 is 2.92 bits per heavy atom. The van der Waals surface area contributed by atoms with Gasteiger partial charge in [0.2, 0.25) is 0 Å². The number of hydrogen-bond acceptors (Lipinski definition) is 3. The molecular formula is C9H18N2O2. The highest BCUT2D eigenvalue weighted by atomic mass is 16.4. The molecule has 13 heavy (non-hydrogen) atoms. The van der Waals surface area contributed by atoms with E-state index in [0.29, 0.717) is 6.54 Å². The molecule has 0 bridgehead atoms.